The molecule has 2 heterocycles. The van der Waals surface area contributed by atoms with Crippen molar-refractivity contribution in [2.24, 2.45) is 10.6 Å². The number of hydrogen-bond acceptors (Lipinski definition) is 8. The lowest BCUT2D eigenvalue weighted by Crippen LogP contribution is -2.59. The first kappa shape index (κ1) is 36.8. The third-order valence-corrected chi connectivity index (χ3v) is 9.48. The van der Waals surface area contributed by atoms with E-state index in [9.17, 15) is 24.0 Å². The maximum atomic E-state index is 14.6. The quantitative estimate of drug-likeness (QED) is 0.268. The van der Waals surface area contributed by atoms with E-state index in [1.54, 1.807) is 49.6 Å². The van der Waals surface area contributed by atoms with E-state index in [1.165, 1.54) is 4.90 Å². The number of nitrogens with zero attached hydrogens (tertiary/aromatic N) is 2. The normalized spacial score (nSPS) is 21.1. The van der Waals surface area contributed by atoms with E-state index >= 15 is 0 Å². The van der Waals surface area contributed by atoms with E-state index < -0.39 is 52.6 Å². The van der Waals surface area contributed by atoms with Crippen LogP contribution in [0.4, 0.5) is 0 Å². The van der Waals surface area contributed by atoms with Crippen molar-refractivity contribution >= 4 is 46.7 Å². The molecule has 1 spiro atoms. The number of likely N-dealkylation sites (tertiary alicyclic amines) is 1. The molecule has 5 rings (SSSR count). The van der Waals surface area contributed by atoms with Crippen molar-refractivity contribution in [2.45, 2.75) is 102 Å². The molecule has 0 bridgehead atoms. The Morgan fingerprint density at radius 2 is 1.82 bits per heavy atom. The Balaban J connectivity index is 1.40. The summed E-state index contributed by atoms with van der Waals surface area (Å²) in [4.78, 5) is 75.4. The topological polar surface area (TPSA) is 156 Å². The molecule has 2 aromatic carbocycles. The zero-order chi connectivity index (χ0) is 36.2. The first-order valence-corrected chi connectivity index (χ1v) is 17.5. The highest BCUT2D eigenvalue weighted by Crippen LogP contribution is 2.40. The maximum absolute atomic E-state index is 14.6. The summed E-state index contributed by atoms with van der Waals surface area (Å²) in [6.07, 6.45) is 2.80. The minimum Gasteiger partial charge on any atom is -0.497 e. The number of hydrogen-bond donors (Lipinski definition) is 3. The highest BCUT2D eigenvalue weighted by molar-refractivity contribution is 6.38. The van der Waals surface area contributed by atoms with Crippen LogP contribution in [0.3, 0.4) is 0 Å². The van der Waals surface area contributed by atoms with Crippen LogP contribution in [0.2, 0.25) is 5.02 Å². The molecule has 0 aromatic heterocycles. The fraction of sp³-hybridized carbons (Fsp3) is 0.514. The third kappa shape index (κ3) is 8.82. The SMILES string of the molecule is CCC[C@H](NC(=O)[C@@H]1C[C@]2(CC(c3cccc(Cl)c3)=NO2)CN1C(=O)[C@@H](NC(=O)Cc1cccc(OC)c1)C(C)(C)C)C(=O)C(=O)NC1CC1. The second-order valence-electron chi connectivity index (χ2n) is 14.5. The number of rotatable bonds is 13. The van der Waals surface area contributed by atoms with Crippen molar-refractivity contribution in [1.82, 2.24) is 20.9 Å². The summed E-state index contributed by atoms with van der Waals surface area (Å²) in [6, 6.07) is 11.1. The van der Waals surface area contributed by atoms with Gasteiger partial charge in [-0.15, -0.1) is 0 Å². The van der Waals surface area contributed by atoms with Gasteiger partial charge in [-0.1, -0.05) is 75.1 Å². The molecule has 1 aliphatic carbocycles. The summed E-state index contributed by atoms with van der Waals surface area (Å²) in [5.74, 6) is -2.28. The second-order valence-corrected chi connectivity index (χ2v) is 15.0. The largest absolute Gasteiger partial charge is 0.497 e. The van der Waals surface area contributed by atoms with Gasteiger partial charge in [-0.05, 0) is 54.5 Å². The zero-order valence-corrected chi connectivity index (χ0v) is 30.0. The summed E-state index contributed by atoms with van der Waals surface area (Å²) in [7, 11) is 1.54. The van der Waals surface area contributed by atoms with Crippen LogP contribution in [0, 0.1) is 5.41 Å². The number of amides is 4. The number of benzene rings is 2. The molecule has 0 radical (unpaired) electrons. The summed E-state index contributed by atoms with van der Waals surface area (Å²) < 4.78 is 5.29. The Morgan fingerprint density at radius 3 is 2.48 bits per heavy atom. The van der Waals surface area contributed by atoms with E-state index in [2.05, 4.69) is 21.1 Å². The smallest absolute Gasteiger partial charge is 0.289 e. The number of halogens is 1. The maximum Gasteiger partial charge on any atom is 0.289 e. The number of Topliss-reactive ketones (excluding diaryl/α,β-unsaturated/α-hetero) is 1. The van der Waals surface area contributed by atoms with Crippen LogP contribution in [-0.2, 0) is 35.2 Å². The molecule has 268 valence electrons. The molecule has 0 unspecified atom stereocenters. The molecule has 2 aromatic rings. The predicted molar refractivity (Wildman–Crippen MR) is 188 cm³/mol. The minimum absolute atomic E-state index is 0.00434. The average molecular weight is 708 g/mol. The van der Waals surface area contributed by atoms with Crippen LogP contribution < -0.4 is 20.7 Å². The highest BCUT2D eigenvalue weighted by atomic mass is 35.5. The number of carbonyl (C=O) groups excluding carboxylic acids is 5. The molecule has 13 heteroatoms. The van der Waals surface area contributed by atoms with E-state index in [-0.39, 0.29) is 37.8 Å². The molecular formula is C37H46ClN5O7. The van der Waals surface area contributed by atoms with Gasteiger partial charge >= 0.3 is 0 Å². The number of carbonyl (C=O) groups is 5. The van der Waals surface area contributed by atoms with Gasteiger partial charge in [0.2, 0.25) is 23.5 Å². The molecule has 2 aliphatic heterocycles. The zero-order valence-electron chi connectivity index (χ0n) is 29.2. The lowest BCUT2D eigenvalue weighted by atomic mass is 9.85. The van der Waals surface area contributed by atoms with Gasteiger partial charge in [0.05, 0.1) is 31.8 Å². The molecule has 1 saturated carbocycles. The lowest BCUT2D eigenvalue weighted by molar-refractivity contribution is -0.145. The fourth-order valence-electron chi connectivity index (χ4n) is 6.41. The molecule has 3 aliphatic rings. The highest BCUT2D eigenvalue weighted by Gasteiger charge is 2.55. The summed E-state index contributed by atoms with van der Waals surface area (Å²) in [5, 5.41) is 13.3. The molecule has 1 saturated heterocycles. The van der Waals surface area contributed by atoms with Gasteiger partial charge < -0.3 is 30.4 Å². The van der Waals surface area contributed by atoms with Crippen molar-refractivity contribution in [3.05, 3.63) is 64.7 Å². The van der Waals surface area contributed by atoms with Crippen LogP contribution in [0.5, 0.6) is 5.75 Å². The average Bonchev–Trinajstić information content (AvgIpc) is 3.67. The molecule has 2 fully saturated rings. The van der Waals surface area contributed by atoms with Crippen LogP contribution in [0.1, 0.15) is 77.3 Å². The molecule has 3 N–H and O–H groups in total. The van der Waals surface area contributed by atoms with Crippen molar-refractivity contribution in [3.8, 4) is 5.75 Å². The predicted octanol–water partition coefficient (Wildman–Crippen LogP) is 3.72. The number of nitrogens with one attached hydrogen (secondary N) is 3. The first-order chi connectivity index (χ1) is 23.7. The number of oxime groups is 1. The van der Waals surface area contributed by atoms with Crippen LogP contribution in [0.25, 0.3) is 0 Å². The first-order valence-electron chi connectivity index (χ1n) is 17.1. The van der Waals surface area contributed by atoms with E-state index in [0.29, 0.717) is 34.9 Å². The monoisotopic (exact) mass is 707 g/mol. The van der Waals surface area contributed by atoms with Crippen molar-refractivity contribution in [1.29, 1.82) is 0 Å². The summed E-state index contributed by atoms with van der Waals surface area (Å²) >= 11 is 6.24. The Bertz CT molecular complexity index is 1670. The summed E-state index contributed by atoms with van der Waals surface area (Å²) in [5.41, 5.74) is 0.291. The fourth-order valence-corrected chi connectivity index (χ4v) is 6.60. The Labute approximate surface area is 297 Å². The second kappa shape index (κ2) is 15.2. The minimum atomic E-state index is -1.07. The number of ether oxygens (including phenoxy) is 1. The van der Waals surface area contributed by atoms with Gasteiger partial charge in [0.1, 0.15) is 17.8 Å². The van der Waals surface area contributed by atoms with E-state index in [4.69, 9.17) is 21.2 Å². The van der Waals surface area contributed by atoms with E-state index in [1.807, 2.05) is 33.8 Å². The van der Waals surface area contributed by atoms with E-state index in [0.717, 1.165) is 18.4 Å². The van der Waals surface area contributed by atoms with Gasteiger partial charge in [0.15, 0.2) is 5.60 Å². The van der Waals surface area contributed by atoms with Gasteiger partial charge in [-0.3, -0.25) is 24.0 Å². The van der Waals surface area contributed by atoms with Gasteiger partial charge in [-0.2, -0.15) is 0 Å². The lowest BCUT2D eigenvalue weighted by Gasteiger charge is -2.35. The molecule has 4 amide bonds. The molecule has 12 nitrogen and oxygen atoms in total. The Morgan fingerprint density at radius 1 is 1.08 bits per heavy atom. The molecule has 50 heavy (non-hydrogen) atoms. The molecule has 4 atom stereocenters. The van der Waals surface area contributed by atoms with Gasteiger partial charge in [-0.25, -0.2) is 0 Å². The van der Waals surface area contributed by atoms with Gasteiger partial charge in [0.25, 0.3) is 5.91 Å². The van der Waals surface area contributed by atoms with Crippen LogP contribution in [-0.4, -0.2) is 83.4 Å². The van der Waals surface area contributed by atoms with Gasteiger partial charge in [0, 0.05) is 29.5 Å². The Kier molecular flexibility index (Phi) is 11.2. The third-order valence-electron chi connectivity index (χ3n) is 9.25. The van der Waals surface area contributed by atoms with Crippen LogP contribution >= 0.6 is 11.6 Å². The van der Waals surface area contributed by atoms with Crippen molar-refractivity contribution in [2.75, 3.05) is 13.7 Å². The van der Waals surface area contributed by atoms with Crippen molar-refractivity contribution < 1.29 is 33.5 Å². The number of ketones is 1. The molecular weight excluding hydrogens is 662 g/mol. The Hall–Kier alpha value is -4.45. The van der Waals surface area contributed by atoms with Crippen LogP contribution in [0.15, 0.2) is 53.7 Å². The standard InChI is InChI=1S/C37H46ClN5O7/c1-6-9-27(31(45)34(47)39-25-14-15-25)40-33(46)29-20-37(19-28(42-50-37)23-11-8-12-24(38)18-23)21-43(29)35(48)32(36(2,3)4)41-30(44)17-22-10-7-13-26(16-22)49-5/h7-8,10-13,16,18,25,27,29,32H,6,9,14-15,17,19-21H2,1-5H3,(H,39,47)(H,40,46)(H,41,44)/t27-,29-,32+,37+/m0/s1. The number of methoxy groups -OCH3 is 1. The summed E-state index contributed by atoms with van der Waals surface area (Å²) in [6.45, 7) is 7.37. The van der Waals surface area contributed by atoms with Crippen molar-refractivity contribution in [3.63, 3.8) is 0 Å².